The highest BCUT2D eigenvalue weighted by Crippen LogP contribution is 2.30. The molecule has 0 saturated carbocycles. The van der Waals surface area contributed by atoms with Gasteiger partial charge in [-0.05, 0) is 49.9 Å². The molecule has 0 bridgehead atoms. The van der Waals surface area contributed by atoms with Crippen LogP contribution in [0.3, 0.4) is 0 Å². The number of benzene rings is 1. The summed E-state index contributed by atoms with van der Waals surface area (Å²) in [5, 5.41) is 3.58. The first-order valence-electron chi connectivity index (χ1n) is 8.37. The Kier molecular flexibility index (Phi) is 5.90. The Labute approximate surface area is 124 Å². The van der Waals surface area contributed by atoms with Gasteiger partial charge < -0.3 is 10.2 Å². The molecule has 1 aromatic rings. The second-order valence-corrected chi connectivity index (χ2v) is 6.01. The van der Waals surface area contributed by atoms with Crippen LogP contribution in [-0.2, 0) is 6.42 Å². The summed E-state index contributed by atoms with van der Waals surface area (Å²) in [6.45, 7) is 10.3. The Bertz CT molecular complexity index is 414. The standard InChI is InChI=1S/C18H30N2/c1-4-6-7-12-20-13-10-17-14-16(8-9-18(17)20)15(3)19-11-5-2/h8-9,14-15,19H,4-7,10-13H2,1-3H3. The number of anilines is 1. The molecule has 1 atom stereocenters. The summed E-state index contributed by atoms with van der Waals surface area (Å²) in [4.78, 5) is 2.57. The Morgan fingerprint density at radius 1 is 1.20 bits per heavy atom. The summed E-state index contributed by atoms with van der Waals surface area (Å²) in [6.07, 6.45) is 6.39. The SMILES string of the molecule is CCCCCN1CCc2cc(C(C)NCCC)ccc21. The number of unbranched alkanes of at least 4 members (excludes halogenated alkanes) is 2. The Morgan fingerprint density at radius 2 is 2.05 bits per heavy atom. The van der Waals surface area contributed by atoms with Crippen molar-refractivity contribution in [2.45, 2.75) is 58.9 Å². The van der Waals surface area contributed by atoms with Gasteiger partial charge in [0.2, 0.25) is 0 Å². The fraction of sp³-hybridized carbons (Fsp3) is 0.667. The molecule has 0 saturated heterocycles. The number of nitrogens with zero attached hydrogens (tertiary/aromatic N) is 1. The molecule has 2 nitrogen and oxygen atoms in total. The lowest BCUT2D eigenvalue weighted by atomic mass is 10.0. The molecule has 2 heteroatoms. The van der Waals surface area contributed by atoms with Gasteiger partial charge in [-0.25, -0.2) is 0 Å². The molecule has 0 aliphatic carbocycles. The van der Waals surface area contributed by atoms with Crippen LogP contribution >= 0.6 is 0 Å². The van der Waals surface area contributed by atoms with Crippen molar-refractivity contribution in [3.05, 3.63) is 29.3 Å². The van der Waals surface area contributed by atoms with Crippen LogP contribution in [0.2, 0.25) is 0 Å². The van der Waals surface area contributed by atoms with Crippen LogP contribution in [-0.4, -0.2) is 19.6 Å². The zero-order chi connectivity index (χ0) is 14.4. The van der Waals surface area contributed by atoms with E-state index in [9.17, 15) is 0 Å². The predicted octanol–water partition coefficient (Wildman–Crippen LogP) is 4.30. The van der Waals surface area contributed by atoms with Crippen LogP contribution in [0.15, 0.2) is 18.2 Å². The number of rotatable bonds is 8. The van der Waals surface area contributed by atoms with Crippen molar-refractivity contribution in [1.82, 2.24) is 5.32 Å². The highest BCUT2D eigenvalue weighted by Gasteiger charge is 2.19. The lowest BCUT2D eigenvalue weighted by Crippen LogP contribution is -2.21. The summed E-state index contributed by atoms with van der Waals surface area (Å²) in [5.41, 5.74) is 4.46. The van der Waals surface area contributed by atoms with E-state index in [1.54, 1.807) is 5.56 Å². The van der Waals surface area contributed by atoms with Crippen LogP contribution < -0.4 is 10.2 Å². The third-order valence-corrected chi connectivity index (χ3v) is 4.33. The van der Waals surface area contributed by atoms with E-state index < -0.39 is 0 Å². The normalized spacial score (nSPS) is 15.4. The van der Waals surface area contributed by atoms with Gasteiger partial charge in [0.05, 0.1) is 0 Å². The second kappa shape index (κ2) is 7.68. The van der Waals surface area contributed by atoms with Gasteiger partial charge in [0.25, 0.3) is 0 Å². The summed E-state index contributed by atoms with van der Waals surface area (Å²) < 4.78 is 0. The molecule has 1 aliphatic rings. The van der Waals surface area contributed by atoms with Gasteiger partial charge in [-0.1, -0.05) is 38.8 Å². The van der Waals surface area contributed by atoms with E-state index in [1.165, 1.54) is 56.4 Å². The smallest absolute Gasteiger partial charge is 0.0399 e. The molecule has 0 spiro atoms. The average molecular weight is 274 g/mol. The minimum absolute atomic E-state index is 0.467. The Balaban J connectivity index is 1.99. The predicted molar refractivity (Wildman–Crippen MR) is 88.6 cm³/mol. The van der Waals surface area contributed by atoms with Crippen LogP contribution in [0.25, 0.3) is 0 Å². The number of hydrogen-bond acceptors (Lipinski definition) is 2. The first kappa shape index (κ1) is 15.4. The van der Waals surface area contributed by atoms with Gasteiger partial charge in [-0.3, -0.25) is 0 Å². The fourth-order valence-corrected chi connectivity index (χ4v) is 3.02. The van der Waals surface area contributed by atoms with Gasteiger partial charge in [-0.2, -0.15) is 0 Å². The van der Waals surface area contributed by atoms with E-state index in [4.69, 9.17) is 0 Å². The first-order chi connectivity index (χ1) is 9.76. The topological polar surface area (TPSA) is 15.3 Å². The van der Waals surface area contributed by atoms with E-state index in [0.717, 1.165) is 6.54 Å². The summed E-state index contributed by atoms with van der Waals surface area (Å²) >= 11 is 0. The Hall–Kier alpha value is -1.02. The minimum Gasteiger partial charge on any atom is -0.371 e. The third-order valence-electron chi connectivity index (χ3n) is 4.33. The lowest BCUT2D eigenvalue weighted by molar-refractivity contribution is 0.570. The van der Waals surface area contributed by atoms with Crippen molar-refractivity contribution in [3.8, 4) is 0 Å². The van der Waals surface area contributed by atoms with E-state index in [-0.39, 0.29) is 0 Å². The second-order valence-electron chi connectivity index (χ2n) is 6.01. The molecule has 2 rings (SSSR count). The van der Waals surface area contributed by atoms with Crippen molar-refractivity contribution in [2.24, 2.45) is 0 Å². The molecule has 1 N–H and O–H groups in total. The molecule has 0 fully saturated rings. The minimum atomic E-state index is 0.467. The van der Waals surface area contributed by atoms with Gasteiger partial charge in [0, 0.05) is 24.8 Å². The molecule has 1 aromatic carbocycles. The monoisotopic (exact) mass is 274 g/mol. The maximum atomic E-state index is 3.58. The molecule has 1 unspecified atom stereocenters. The van der Waals surface area contributed by atoms with E-state index >= 15 is 0 Å². The van der Waals surface area contributed by atoms with E-state index in [0.29, 0.717) is 6.04 Å². The largest absolute Gasteiger partial charge is 0.371 e. The lowest BCUT2D eigenvalue weighted by Gasteiger charge is -2.20. The van der Waals surface area contributed by atoms with Crippen molar-refractivity contribution >= 4 is 5.69 Å². The summed E-state index contributed by atoms with van der Waals surface area (Å²) in [5.74, 6) is 0. The summed E-state index contributed by atoms with van der Waals surface area (Å²) in [7, 11) is 0. The molecular formula is C18H30N2. The van der Waals surface area contributed by atoms with Gasteiger partial charge in [0.1, 0.15) is 0 Å². The molecule has 0 amide bonds. The molecular weight excluding hydrogens is 244 g/mol. The highest BCUT2D eigenvalue weighted by molar-refractivity contribution is 5.59. The van der Waals surface area contributed by atoms with Crippen molar-refractivity contribution in [3.63, 3.8) is 0 Å². The quantitative estimate of drug-likeness (QED) is 0.711. The van der Waals surface area contributed by atoms with Crippen molar-refractivity contribution < 1.29 is 0 Å². The highest BCUT2D eigenvalue weighted by atomic mass is 15.1. The van der Waals surface area contributed by atoms with E-state index in [2.05, 4.69) is 49.2 Å². The molecule has 1 aliphatic heterocycles. The molecule has 0 aromatic heterocycles. The summed E-state index contributed by atoms with van der Waals surface area (Å²) in [6, 6.07) is 7.54. The molecule has 112 valence electrons. The van der Waals surface area contributed by atoms with Crippen LogP contribution in [0.4, 0.5) is 5.69 Å². The van der Waals surface area contributed by atoms with Crippen molar-refractivity contribution in [2.75, 3.05) is 24.5 Å². The fourth-order valence-electron chi connectivity index (χ4n) is 3.02. The first-order valence-corrected chi connectivity index (χ1v) is 8.37. The molecule has 20 heavy (non-hydrogen) atoms. The number of nitrogens with one attached hydrogen (secondary N) is 1. The van der Waals surface area contributed by atoms with Gasteiger partial charge >= 0.3 is 0 Å². The van der Waals surface area contributed by atoms with Crippen molar-refractivity contribution in [1.29, 1.82) is 0 Å². The average Bonchev–Trinajstić information content (AvgIpc) is 2.87. The molecule has 0 radical (unpaired) electrons. The number of fused-ring (bicyclic) bond motifs is 1. The zero-order valence-corrected chi connectivity index (χ0v) is 13.4. The zero-order valence-electron chi connectivity index (χ0n) is 13.4. The number of hydrogen-bond donors (Lipinski definition) is 1. The maximum Gasteiger partial charge on any atom is 0.0399 e. The van der Waals surface area contributed by atoms with Gasteiger partial charge in [-0.15, -0.1) is 0 Å². The maximum absolute atomic E-state index is 3.58. The van der Waals surface area contributed by atoms with Crippen LogP contribution in [0.1, 0.15) is 63.6 Å². The Morgan fingerprint density at radius 3 is 2.80 bits per heavy atom. The van der Waals surface area contributed by atoms with Gasteiger partial charge in [0.15, 0.2) is 0 Å². The van der Waals surface area contributed by atoms with Crippen LogP contribution in [0, 0.1) is 0 Å². The molecule has 1 heterocycles. The third kappa shape index (κ3) is 3.76. The van der Waals surface area contributed by atoms with Crippen LogP contribution in [0.5, 0.6) is 0 Å². The van der Waals surface area contributed by atoms with E-state index in [1.807, 2.05) is 0 Å².